The van der Waals surface area contributed by atoms with Crippen molar-refractivity contribution < 1.29 is 19.4 Å². The van der Waals surface area contributed by atoms with Gasteiger partial charge in [-0.1, -0.05) is 29.3 Å². The van der Waals surface area contributed by atoms with Crippen LogP contribution < -0.4 is 10.1 Å². The maximum absolute atomic E-state index is 13.8. The highest BCUT2D eigenvalue weighted by Crippen LogP contribution is 2.40. The average molecular weight is 626 g/mol. The lowest BCUT2D eigenvalue weighted by Gasteiger charge is -2.26. The normalized spacial score (nSPS) is 16.9. The standard InChI is InChI=1S/C33H38Cl2N4O4/c1-17-15-23(16-18(2)29(17)35)43-14-6-7-24-25-12-13-26(34)28(27-19(3)38-39(5)20(27)4)30(25)37-31(24)32(40)36-22-10-8-21(9-11-22)33(41)42/h12-13,15-16,21-22,37H,6-11,14H2,1-5H3,(H,36,40)(H,41,42). The number of benzene rings is 2. The van der Waals surface area contributed by atoms with Gasteiger partial charge in [0.2, 0.25) is 0 Å². The van der Waals surface area contributed by atoms with E-state index >= 15 is 0 Å². The fraction of sp³-hybridized carbons (Fsp3) is 0.424. The van der Waals surface area contributed by atoms with Gasteiger partial charge >= 0.3 is 5.97 Å². The molecule has 0 spiro atoms. The summed E-state index contributed by atoms with van der Waals surface area (Å²) >= 11 is 13.1. The second-order valence-corrected chi connectivity index (χ2v) is 12.5. The number of hydrogen-bond acceptors (Lipinski definition) is 4. The van der Waals surface area contributed by atoms with E-state index in [4.69, 9.17) is 27.9 Å². The summed E-state index contributed by atoms with van der Waals surface area (Å²) in [5, 5.41) is 19.4. The summed E-state index contributed by atoms with van der Waals surface area (Å²) in [6.07, 6.45) is 3.67. The highest BCUT2D eigenvalue weighted by Gasteiger charge is 2.29. The second-order valence-electron chi connectivity index (χ2n) is 11.7. The van der Waals surface area contributed by atoms with Crippen LogP contribution in [-0.4, -0.2) is 44.4 Å². The molecule has 0 radical (unpaired) electrons. The molecule has 1 aliphatic carbocycles. The highest BCUT2D eigenvalue weighted by molar-refractivity contribution is 6.35. The molecule has 2 aromatic heterocycles. The van der Waals surface area contributed by atoms with Crippen molar-refractivity contribution in [2.75, 3.05) is 6.61 Å². The first kappa shape index (κ1) is 31.0. The fourth-order valence-corrected chi connectivity index (χ4v) is 6.66. The number of aliphatic carboxylic acids is 1. The summed E-state index contributed by atoms with van der Waals surface area (Å²) in [4.78, 5) is 28.7. The van der Waals surface area contributed by atoms with Gasteiger partial charge in [0.1, 0.15) is 11.4 Å². The Bertz CT molecular complexity index is 1680. The van der Waals surface area contributed by atoms with E-state index in [-0.39, 0.29) is 17.9 Å². The van der Waals surface area contributed by atoms with Gasteiger partial charge in [0.25, 0.3) is 5.91 Å². The maximum atomic E-state index is 13.8. The molecule has 5 rings (SSSR count). The summed E-state index contributed by atoms with van der Waals surface area (Å²) in [7, 11) is 1.90. The molecule has 0 bridgehead atoms. The molecule has 10 heteroatoms. The van der Waals surface area contributed by atoms with Crippen molar-refractivity contribution in [2.45, 2.75) is 72.3 Å². The van der Waals surface area contributed by atoms with Crippen LogP contribution in [0.25, 0.3) is 22.0 Å². The number of ether oxygens (including phenoxy) is 1. The molecule has 3 N–H and O–H groups in total. The van der Waals surface area contributed by atoms with Crippen molar-refractivity contribution in [3.8, 4) is 16.9 Å². The van der Waals surface area contributed by atoms with Crippen LogP contribution in [0, 0.1) is 33.6 Å². The van der Waals surface area contributed by atoms with Crippen LogP contribution in [0.15, 0.2) is 24.3 Å². The predicted octanol–water partition coefficient (Wildman–Crippen LogP) is 7.49. The molecule has 0 unspecified atom stereocenters. The smallest absolute Gasteiger partial charge is 0.306 e. The molecule has 1 fully saturated rings. The number of aryl methyl sites for hydroxylation is 5. The molecule has 1 saturated carbocycles. The van der Waals surface area contributed by atoms with E-state index in [2.05, 4.69) is 15.4 Å². The summed E-state index contributed by atoms with van der Waals surface area (Å²) in [5.41, 5.74) is 7.73. The number of carbonyl (C=O) groups is 2. The van der Waals surface area contributed by atoms with E-state index < -0.39 is 5.97 Å². The summed E-state index contributed by atoms with van der Waals surface area (Å²) in [5.74, 6) is -0.540. The van der Waals surface area contributed by atoms with Crippen molar-refractivity contribution in [1.82, 2.24) is 20.1 Å². The number of fused-ring (bicyclic) bond motifs is 1. The van der Waals surface area contributed by atoms with Crippen molar-refractivity contribution in [2.24, 2.45) is 13.0 Å². The minimum absolute atomic E-state index is 0.0760. The van der Waals surface area contributed by atoms with Crippen LogP contribution in [0.3, 0.4) is 0 Å². The molecule has 1 amide bonds. The zero-order valence-corrected chi connectivity index (χ0v) is 26.7. The van der Waals surface area contributed by atoms with Crippen molar-refractivity contribution in [3.05, 3.63) is 68.1 Å². The van der Waals surface area contributed by atoms with E-state index in [1.807, 2.05) is 63.7 Å². The molecule has 228 valence electrons. The number of rotatable bonds is 9. The molecule has 0 atom stereocenters. The van der Waals surface area contributed by atoms with Crippen LogP contribution in [0.1, 0.15) is 70.7 Å². The number of carboxylic acid groups (broad SMARTS) is 1. The monoisotopic (exact) mass is 624 g/mol. The second kappa shape index (κ2) is 12.6. The first-order valence-corrected chi connectivity index (χ1v) is 15.5. The van der Waals surface area contributed by atoms with Gasteiger partial charge in [-0.05, 0) is 101 Å². The van der Waals surface area contributed by atoms with Gasteiger partial charge in [-0.3, -0.25) is 14.3 Å². The molecular formula is C33H38Cl2N4O4. The zero-order chi connectivity index (χ0) is 31.0. The number of aromatic nitrogens is 3. The number of H-pyrrole nitrogens is 1. The highest BCUT2D eigenvalue weighted by atomic mass is 35.5. The molecule has 2 aromatic carbocycles. The third-order valence-corrected chi connectivity index (χ3v) is 9.59. The van der Waals surface area contributed by atoms with Gasteiger partial charge in [-0.15, -0.1) is 0 Å². The van der Waals surface area contributed by atoms with Crippen LogP contribution in [0.4, 0.5) is 0 Å². The van der Waals surface area contributed by atoms with Gasteiger partial charge in [0, 0.05) is 40.3 Å². The lowest BCUT2D eigenvalue weighted by atomic mass is 9.86. The first-order valence-electron chi connectivity index (χ1n) is 14.7. The zero-order valence-electron chi connectivity index (χ0n) is 25.2. The van der Waals surface area contributed by atoms with Crippen LogP contribution in [0.2, 0.25) is 10.0 Å². The summed E-state index contributed by atoms with van der Waals surface area (Å²) in [6.45, 7) is 8.35. The minimum atomic E-state index is -0.765. The fourth-order valence-electron chi connectivity index (χ4n) is 6.30. The number of carbonyl (C=O) groups excluding carboxylic acids is 1. The van der Waals surface area contributed by atoms with Gasteiger partial charge in [0.05, 0.1) is 28.8 Å². The van der Waals surface area contributed by atoms with Gasteiger partial charge in [-0.2, -0.15) is 5.10 Å². The van der Waals surface area contributed by atoms with Crippen molar-refractivity contribution in [1.29, 1.82) is 0 Å². The Morgan fingerprint density at radius 2 is 1.74 bits per heavy atom. The maximum Gasteiger partial charge on any atom is 0.306 e. The van der Waals surface area contributed by atoms with E-state index in [0.717, 1.165) is 60.9 Å². The van der Waals surface area contributed by atoms with E-state index in [9.17, 15) is 14.7 Å². The topological polar surface area (TPSA) is 109 Å². The average Bonchev–Trinajstić information content (AvgIpc) is 3.45. The van der Waals surface area contributed by atoms with Gasteiger partial charge in [0.15, 0.2) is 0 Å². The lowest BCUT2D eigenvalue weighted by Crippen LogP contribution is -2.39. The third kappa shape index (κ3) is 6.27. The largest absolute Gasteiger partial charge is 0.494 e. The Labute approximate surface area is 261 Å². The SMILES string of the molecule is Cc1cc(OCCCc2c(C(=O)NC3CCC(C(=O)O)CC3)[nH]c3c(-c4c(C)nn(C)c4C)c(Cl)ccc23)cc(C)c1Cl. The number of carboxylic acids is 1. The predicted molar refractivity (Wildman–Crippen MR) is 171 cm³/mol. The number of nitrogens with one attached hydrogen (secondary N) is 2. The Hall–Kier alpha value is -3.49. The van der Waals surface area contributed by atoms with Crippen molar-refractivity contribution in [3.63, 3.8) is 0 Å². The molecule has 2 heterocycles. The van der Waals surface area contributed by atoms with E-state index in [0.29, 0.717) is 55.8 Å². The Balaban J connectivity index is 1.46. The molecule has 4 aromatic rings. The Morgan fingerprint density at radius 3 is 2.35 bits per heavy atom. The van der Waals surface area contributed by atoms with Crippen LogP contribution in [-0.2, 0) is 18.3 Å². The number of nitrogens with zero attached hydrogens (tertiary/aromatic N) is 2. The van der Waals surface area contributed by atoms with Crippen LogP contribution in [0.5, 0.6) is 5.75 Å². The molecule has 8 nitrogen and oxygen atoms in total. The molecule has 1 aliphatic rings. The minimum Gasteiger partial charge on any atom is -0.494 e. The molecule has 43 heavy (non-hydrogen) atoms. The first-order chi connectivity index (χ1) is 20.5. The Kier molecular flexibility index (Phi) is 9.09. The third-order valence-electron chi connectivity index (χ3n) is 8.68. The van der Waals surface area contributed by atoms with Gasteiger partial charge in [-0.25, -0.2) is 0 Å². The number of hydrogen-bond donors (Lipinski definition) is 3. The molecule has 0 saturated heterocycles. The van der Waals surface area contributed by atoms with E-state index in [1.54, 1.807) is 0 Å². The number of halogens is 2. The quantitative estimate of drug-likeness (QED) is 0.167. The van der Waals surface area contributed by atoms with Crippen molar-refractivity contribution >= 4 is 46.0 Å². The van der Waals surface area contributed by atoms with Gasteiger partial charge < -0.3 is 20.1 Å². The number of amides is 1. The van der Waals surface area contributed by atoms with Crippen LogP contribution >= 0.6 is 23.2 Å². The molecular weight excluding hydrogens is 587 g/mol. The lowest BCUT2D eigenvalue weighted by molar-refractivity contribution is -0.142. The van der Waals surface area contributed by atoms with E-state index in [1.165, 1.54) is 0 Å². The number of aromatic amines is 1. The summed E-state index contributed by atoms with van der Waals surface area (Å²) < 4.78 is 7.92. The summed E-state index contributed by atoms with van der Waals surface area (Å²) in [6, 6.07) is 7.65. The molecule has 0 aliphatic heterocycles. The Morgan fingerprint density at radius 1 is 1.07 bits per heavy atom.